The highest BCUT2D eigenvalue weighted by Crippen LogP contribution is 2.30. The number of ether oxygens (including phenoxy) is 1. The van der Waals surface area contributed by atoms with Crippen LogP contribution in [0.5, 0.6) is 5.75 Å². The molecule has 3 rings (SSSR count). The zero-order chi connectivity index (χ0) is 31.0. The molecule has 43 heavy (non-hydrogen) atoms. The Bertz CT molecular complexity index is 1320. The molecule has 0 bridgehead atoms. The van der Waals surface area contributed by atoms with Gasteiger partial charge in [-0.2, -0.15) is 0 Å². The zero-order valence-corrected chi connectivity index (χ0v) is 27.4. The van der Waals surface area contributed by atoms with Crippen molar-refractivity contribution in [1.29, 1.82) is 0 Å². The van der Waals surface area contributed by atoms with Crippen molar-refractivity contribution in [3.8, 4) is 11.4 Å². The maximum atomic E-state index is 14.0. The molecule has 0 aliphatic rings. The quantitative estimate of drug-likeness (QED) is 0.123. The summed E-state index contributed by atoms with van der Waals surface area (Å²) in [7, 11) is 1.61. The van der Waals surface area contributed by atoms with E-state index >= 15 is 0 Å². The lowest BCUT2D eigenvalue weighted by Gasteiger charge is -2.33. The van der Waals surface area contributed by atoms with Gasteiger partial charge in [0, 0.05) is 13.0 Å². The van der Waals surface area contributed by atoms with Crippen LogP contribution in [0.3, 0.4) is 0 Å². The van der Waals surface area contributed by atoms with Gasteiger partial charge in [-0.3, -0.25) is 14.2 Å². The van der Waals surface area contributed by atoms with Crippen LogP contribution < -0.4 is 10.3 Å². The van der Waals surface area contributed by atoms with E-state index in [1.807, 2.05) is 53.4 Å². The van der Waals surface area contributed by atoms with Crippen LogP contribution in [-0.2, 0) is 4.79 Å². The van der Waals surface area contributed by atoms with Crippen molar-refractivity contribution in [2.45, 2.75) is 124 Å². The number of hydrogen-bond acceptors (Lipinski definition) is 4. The molecule has 0 aliphatic carbocycles. The standard InChI is InChI=1S/C37H55N3O3/c1-6-8-9-10-11-12-13-14-15-16-17-26-35(41)39(28-27-29(3)4)32(7-2)36-38-31-23-19-18-22-30(31)37(42)40(36)33-24-20-21-25-34(33)43-5/h18-25,29,32H,6-17,26-28H2,1-5H3. The molecule has 0 fully saturated rings. The lowest BCUT2D eigenvalue weighted by atomic mass is 10.0. The molecule has 6 nitrogen and oxygen atoms in total. The van der Waals surface area contributed by atoms with Crippen LogP contribution in [0.2, 0.25) is 0 Å². The number of amides is 1. The third kappa shape index (κ3) is 9.94. The molecule has 0 radical (unpaired) electrons. The van der Waals surface area contributed by atoms with Gasteiger partial charge in [-0.15, -0.1) is 0 Å². The normalized spacial score (nSPS) is 12.1. The minimum Gasteiger partial charge on any atom is -0.495 e. The largest absolute Gasteiger partial charge is 0.495 e. The maximum Gasteiger partial charge on any atom is 0.266 e. The van der Waals surface area contributed by atoms with Crippen molar-refractivity contribution >= 4 is 16.8 Å². The molecule has 0 spiro atoms. The molecule has 3 aromatic rings. The smallest absolute Gasteiger partial charge is 0.266 e. The first-order valence-electron chi connectivity index (χ1n) is 16.9. The van der Waals surface area contributed by atoms with Crippen LogP contribution >= 0.6 is 0 Å². The average molecular weight is 590 g/mol. The molecule has 0 saturated heterocycles. The van der Waals surface area contributed by atoms with Gasteiger partial charge in [0.1, 0.15) is 11.6 Å². The Morgan fingerprint density at radius 1 is 0.860 bits per heavy atom. The van der Waals surface area contributed by atoms with Crippen LogP contribution in [0, 0.1) is 5.92 Å². The van der Waals surface area contributed by atoms with Gasteiger partial charge in [0.15, 0.2) is 0 Å². The predicted octanol–water partition coefficient (Wildman–Crippen LogP) is 9.42. The van der Waals surface area contributed by atoms with E-state index < -0.39 is 0 Å². The zero-order valence-electron chi connectivity index (χ0n) is 27.4. The number of carbonyl (C=O) groups is 1. The second-order valence-electron chi connectivity index (χ2n) is 12.3. The summed E-state index contributed by atoms with van der Waals surface area (Å²) >= 11 is 0. The van der Waals surface area contributed by atoms with Gasteiger partial charge in [0.25, 0.3) is 5.56 Å². The van der Waals surface area contributed by atoms with Crippen LogP contribution in [0.1, 0.15) is 129 Å². The fourth-order valence-corrected chi connectivity index (χ4v) is 5.90. The van der Waals surface area contributed by atoms with Crippen LogP contribution in [0.4, 0.5) is 0 Å². The molecule has 236 valence electrons. The second kappa shape index (κ2) is 18.5. The van der Waals surface area contributed by atoms with Crippen molar-refractivity contribution in [2.75, 3.05) is 13.7 Å². The molecule has 0 aliphatic heterocycles. The summed E-state index contributed by atoms with van der Waals surface area (Å²) in [4.78, 5) is 35.0. The highest BCUT2D eigenvalue weighted by Gasteiger charge is 2.29. The molecule has 1 unspecified atom stereocenters. The van der Waals surface area contributed by atoms with E-state index in [2.05, 4.69) is 27.7 Å². The molecule has 1 heterocycles. The van der Waals surface area contributed by atoms with E-state index in [1.54, 1.807) is 11.7 Å². The number of rotatable bonds is 20. The van der Waals surface area contributed by atoms with Crippen LogP contribution in [0.25, 0.3) is 16.6 Å². The van der Waals surface area contributed by atoms with Crippen molar-refractivity contribution in [2.24, 2.45) is 5.92 Å². The minimum absolute atomic E-state index is 0.148. The number of unbranched alkanes of at least 4 members (excludes halogenated alkanes) is 10. The number of carbonyl (C=O) groups excluding carboxylic acids is 1. The first kappa shape index (κ1) is 34.3. The van der Waals surface area contributed by atoms with Crippen LogP contribution in [-0.4, -0.2) is 34.0 Å². The Morgan fingerprint density at radius 2 is 1.47 bits per heavy atom. The van der Waals surface area contributed by atoms with Crippen molar-refractivity contribution in [3.05, 3.63) is 64.7 Å². The lowest BCUT2D eigenvalue weighted by molar-refractivity contribution is -0.134. The van der Waals surface area contributed by atoms with Crippen molar-refractivity contribution < 1.29 is 9.53 Å². The summed E-state index contributed by atoms with van der Waals surface area (Å²) in [6.07, 6.45) is 15.9. The molecule has 1 atom stereocenters. The minimum atomic E-state index is -0.332. The van der Waals surface area contributed by atoms with Crippen molar-refractivity contribution in [3.63, 3.8) is 0 Å². The molecular weight excluding hydrogens is 534 g/mol. The fourth-order valence-electron chi connectivity index (χ4n) is 5.90. The number of para-hydroxylation sites is 3. The highest BCUT2D eigenvalue weighted by atomic mass is 16.5. The summed E-state index contributed by atoms with van der Waals surface area (Å²) in [5.41, 5.74) is 1.14. The number of aromatic nitrogens is 2. The van der Waals surface area contributed by atoms with Gasteiger partial charge in [-0.25, -0.2) is 4.98 Å². The third-order valence-electron chi connectivity index (χ3n) is 8.45. The van der Waals surface area contributed by atoms with E-state index in [0.29, 0.717) is 53.5 Å². The van der Waals surface area contributed by atoms with E-state index in [-0.39, 0.29) is 17.5 Å². The summed E-state index contributed by atoms with van der Waals surface area (Å²) in [5, 5.41) is 0.549. The predicted molar refractivity (Wildman–Crippen MR) is 179 cm³/mol. The van der Waals surface area contributed by atoms with E-state index in [9.17, 15) is 9.59 Å². The number of hydrogen-bond donors (Lipinski definition) is 0. The second-order valence-corrected chi connectivity index (χ2v) is 12.3. The highest BCUT2D eigenvalue weighted by molar-refractivity contribution is 5.79. The SMILES string of the molecule is CCCCCCCCCCCCCC(=O)N(CCC(C)C)C(CC)c1nc2ccccc2c(=O)n1-c1ccccc1OC. The van der Waals surface area contributed by atoms with E-state index in [1.165, 1.54) is 57.8 Å². The molecule has 6 heteroatoms. The van der Waals surface area contributed by atoms with Gasteiger partial charge in [0.2, 0.25) is 5.91 Å². The number of nitrogens with zero attached hydrogens (tertiary/aromatic N) is 3. The third-order valence-corrected chi connectivity index (χ3v) is 8.45. The Balaban J connectivity index is 1.82. The van der Waals surface area contributed by atoms with Gasteiger partial charge in [-0.05, 0) is 49.4 Å². The number of fused-ring (bicyclic) bond motifs is 1. The van der Waals surface area contributed by atoms with Gasteiger partial charge in [-0.1, -0.05) is 116 Å². The molecule has 1 aromatic heterocycles. The summed E-state index contributed by atoms with van der Waals surface area (Å²) in [6, 6.07) is 14.7. The lowest BCUT2D eigenvalue weighted by Crippen LogP contribution is -2.39. The topological polar surface area (TPSA) is 64.4 Å². The molecule has 0 N–H and O–H groups in total. The number of benzene rings is 2. The maximum absolute atomic E-state index is 14.0. The average Bonchev–Trinajstić information content (AvgIpc) is 3.01. The summed E-state index contributed by atoms with van der Waals surface area (Å²) in [5.74, 6) is 1.79. The Morgan fingerprint density at radius 3 is 2.09 bits per heavy atom. The Labute approximate surface area is 259 Å². The van der Waals surface area contributed by atoms with Crippen molar-refractivity contribution in [1.82, 2.24) is 14.5 Å². The molecule has 0 saturated carbocycles. The van der Waals surface area contributed by atoms with Crippen LogP contribution in [0.15, 0.2) is 53.3 Å². The molecular formula is C37H55N3O3. The Hall–Kier alpha value is -3.15. The van der Waals surface area contributed by atoms with E-state index in [0.717, 1.165) is 19.3 Å². The molecule has 1 amide bonds. The number of methoxy groups -OCH3 is 1. The first-order valence-corrected chi connectivity index (χ1v) is 16.9. The molecule has 2 aromatic carbocycles. The van der Waals surface area contributed by atoms with Gasteiger partial charge in [0.05, 0.1) is 29.7 Å². The summed E-state index contributed by atoms with van der Waals surface area (Å²) in [6.45, 7) is 9.36. The fraction of sp³-hybridized carbons (Fsp3) is 0.595. The first-order chi connectivity index (χ1) is 20.9. The van der Waals surface area contributed by atoms with Gasteiger partial charge < -0.3 is 9.64 Å². The monoisotopic (exact) mass is 589 g/mol. The van der Waals surface area contributed by atoms with Gasteiger partial charge >= 0.3 is 0 Å². The Kier molecular flexibility index (Phi) is 14.8. The van der Waals surface area contributed by atoms with E-state index in [4.69, 9.17) is 9.72 Å². The summed E-state index contributed by atoms with van der Waals surface area (Å²) < 4.78 is 7.35.